The Bertz CT molecular complexity index is 883. The fourth-order valence-electron chi connectivity index (χ4n) is 3.26. The molecule has 2 aromatic rings. The predicted octanol–water partition coefficient (Wildman–Crippen LogP) is 3.81. The fourth-order valence-corrected chi connectivity index (χ4v) is 3.44. The molecular weight excluding hydrogens is 370 g/mol. The van der Waals surface area contributed by atoms with Gasteiger partial charge < -0.3 is 19.9 Å². The zero-order valence-electron chi connectivity index (χ0n) is 15.0. The first-order valence-corrected chi connectivity index (χ1v) is 8.95. The molecule has 0 aromatic heterocycles. The molecule has 0 radical (unpaired) electrons. The molecule has 0 unspecified atom stereocenters. The van der Waals surface area contributed by atoms with Gasteiger partial charge in [0, 0.05) is 21.8 Å². The van der Waals surface area contributed by atoms with E-state index in [-0.39, 0.29) is 0 Å². The van der Waals surface area contributed by atoms with Crippen molar-refractivity contribution in [3.05, 3.63) is 58.1 Å². The van der Waals surface area contributed by atoms with E-state index in [4.69, 9.17) is 21.1 Å². The fraction of sp³-hybridized carbons (Fsp3) is 0.300. The lowest BCUT2D eigenvalue weighted by atomic mass is 9.96. The monoisotopic (exact) mass is 389 g/mol. The van der Waals surface area contributed by atoms with Crippen molar-refractivity contribution in [2.45, 2.75) is 32.0 Å². The average Bonchev–Trinajstić information content (AvgIpc) is 2.77. The van der Waals surface area contributed by atoms with Crippen LogP contribution in [0.5, 0.6) is 5.75 Å². The first-order chi connectivity index (χ1) is 12.9. The van der Waals surface area contributed by atoms with Crippen molar-refractivity contribution < 1.29 is 24.2 Å². The first-order valence-electron chi connectivity index (χ1n) is 8.58. The van der Waals surface area contributed by atoms with Gasteiger partial charge in [-0.3, -0.25) is 9.59 Å². The number of halogens is 1. The second-order valence-electron chi connectivity index (χ2n) is 6.22. The van der Waals surface area contributed by atoms with Crippen LogP contribution in [0.2, 0.25) is 5.02 Å². The molecule has 0 fully saturated rings. The van der Waals surface area contributed by atoms with Gasteiger partial charge in [0.25, 0.3) is 5.91 Å². The molecule has 0 saturated carbocycles. The molecule has 2 atom stereocenters. The third-order valence-corrected chi connectivity index (χ3v) is 4.74. The van der Waals surface area contributed by atoms with Gasteiger partial charge >= 0.3 is 5.97 Å². The van der Waals surface area contributed by atoms with Crippen LogP contribution in [0.1, 0.15) is 36.1 Å². The second-order valence-corrected chi connectivity index (χ2v) is 6.65. The molecule has 0 spiro atoms. The van der Waals surface area contributed by atoms with Gasteiger partial charge in [-0.25, -0.2) is 0 Å². The highest BCUT2D eigenvalue weighted by molar-refractivity contribution is 6.30. The van der Waals surface area contributed by atoms with Crippen molar-refractivity contribution in [2.75, 3.05) is 12.4 Å². The number of rotatable bonds is 5. The number of benzene rings is 2. The Morgan fingerprint density at radius 2 is 2.07 bits per heavy atom. The Hall–Kier alpha value is -2.57. The number of hydrogen-bond acceptors (Lipinski definition) is 4. The summed E-state index contributed by atoms with van der Waals surface area (Å²) in [5.41, 5.74) is 2.88. The number of hydrogen-bond donors (Lipinski definition) is 2. The van der Waals surface area contributed by atoms with Crippen LogP contribution in [-0.2, 0) is 20.7 Å². The van der Waals surface area contributed by atoms with E-state index in [1.165, 1.54) is 0 Å². The van der Waals surface area contributed by atoms with E-state index in [1.54, 1.807) is 25.3 Å². The van der Waals surface area contributed by atoms with Crippen LogP contribution in [0.4, 0.5) is 5.69 Å². The van der Waals surface area contributed by atoms with Gasteiger partial charge in [0.2, 0.25) is 0 Å². The highest BCUT2D eigenvalue weighted by Crippen LogP contribution is 2.41. The molecule has 1 aliphatic rings. The molecule has 1 amide bonds. The van der Waals surface area contributed by atoms with E-state index >= 15 is 0 Å². The zero-order chi connectivity index (χ0) is 19.6. The number of amides is 1. The van der Waals surface area contributed by atoms with Crippen molar-refractivity contribution in [3.8, 4) is 5.75 Å². The standard InChI is InChI=1S/C20H20ClNO5/c1-3-11-5-4-6-13(18(11)26-2)19-14-9-12(21)7-8-15(14)22-20(25)16(27-19)10-17(23)24/h4-9,16,19H,3,10H2,1-2H3,(H,22,25)(H,23,24)/t16-,19-/m1/s1. The average molecular weight is 390 g/mol. The Labute approximate surface area is 162 Å². The predicted molar refractivity (Wildman–Crippen MR) is 101 cm³/mol. The Morgan fingerprint density at radius 3 is 2.74 bits per heavy atom. The molecule has 6 nitrogen and oxygen atoms in total. The Morgan fingerprint density at radius 1 is 1.30 bits per heavy atom. The van der Waals surface area contributed by atoms with Crippen LogP contribution in [-0.4, -0.2) is 30.2 Å². The number of nitrogens with one attached hydrogen (secondary N) is 1. The van der Waals surface area contributed by atoms with Crippen molar-refractivity contribution in [1.82, 2.24) is 0 Å². The third kappa shape index (κ3) is 3.91. The van der Waals surface area contributed by atoms with Gasteiger partial charge in [0.15, 0.2) is 0 Å². The molecule has 0 saturated heterocycles. The lowest BCUT2D eigenvalue weighted by molar-refractivity contribution is -0.146. The topological polar surface area (TPSA) is 84.9 Å². The number of ether oxygens (including phenoxy) is 2. The molecular formula is C20H20ClNO5. The van der Waals surface area contributed by atoms with Gasteiger partial charge in [0.05, 0.1) is 13.5 Å². The van der Waals surface area contributed by atoms with E-state index in [9.17, 15) is 14.7 Å². The van der Waals surface area contributed by atoms with Crippen LogP contribution >= 0.6 is 11.6 Å². The first kappa shape index (κ1) is 19.2. The quantitative estimate of drug-likeness (QED) is 0.812. The smallest absolute Gasteiger partial charge is 0.306 e. The molecule has 1 aliphatic heterocycles. The lowest BCUT2D eigenvalue weighted by Gasteiger charge is -2.24. The van der Waals surface area contributed by atoms with E-state index in [0.29, 0.717) is 27.6 Å². The summed E-state index contributed by atoms with van der Waals surface area (Å²) in [6.07, 6.45) is -1.54. The van der Waals surface area contributed by atoms with E-state index < -0.39 is 30.5 Å². The van der Waals surface area contributed by atoms with Crippen molar-refractivity contribution in [3.63, 3.8) is 0 Å². The van der Waals surface area contributed by atoms with Gasteiger partial charge in [-0.2, -0.15) is 0 Å². The summed E-state index contributed by atoms with van der Waals surface area (Å²) in [5, 5.41) is 12.4. The maximum absolute atomic E-state index is 12.5. The minimum atomic E-state index is -1.14. The van der Waals surface area contributed by atoms with Crippen LogP contribution < -0.4 is 10.1 Å². The third-order valence-electron chi connectivity index (χ3n) is 4.50. The summed E-state index contributed by atoms with van der Waals surface area (Å²) in [6, 6.07) is 10.7. The Balaban J connectivity index is 2.18. The SMILES string of the molecule is CCc1cccc([C@H]2O[C@H](CC(=O)O)C(=O)Nc3ccc(Cl)cc32)c1OC. The minimum absolute atomic E-state index is 0.445. The molecule has 1 heterocycles. The van der Waals surface area contributed by atoms with Crippen molar-refractivity contribution in [1.29, 1.82) is 0 Å². The van der Waals surface area contributed by atoms with Crippen LogP contribution in [0.25, 0.3) is 0 Å². The highest BCUT2D eigenvalue weighted by Gasteiger charge is 2.34. The van der Waals surface area contributed by atoms with Gasteiger partial charge in [0.1, 0.15) is 18.0 Å². The summed E-state index contributed by atoms with van der Waals surface area (Å²) in [5.74, 6) is -0.972. The number of fused-ring (bicyclic) bond motifs is 1. The maximum Gasteiger partial charge on any atom is 0.306 e. The van der Waals surface area contributed by atoms with Crippen LogP contribution in [0.15, 0.2) is 36.4 Å². The lowest BCUT2D eigenvalue weighted by Crippen LogP contribution is -2.31. The molecule has 142 valence electrons. The summed E-state index contributed by atoms with van der Waals surface area (Å²) in [6.45, 7) is 2.01. The number of methoxy groups -OCH3 is 1. The molecule has 0 aliphatic carbocycles. The number of aryl methyl sites for hydroxylation is 1. The maximum atomic E-state index is 12.5. The number of anilines is 1. The molecule has 7 heteroatoms. The van der Waals surface area contributed by atoms with E-state index in [1.807, 2.05) is 25.1 Å². The largest absolute Gasteiger partial charge is 0.496 e. The van der Waals surface area contributed by atoms with Gasteiger partial charge in [-0.1, -0.05) is 36.7 Å². The molecule has 2 N–H and O–H groups in total. The number of carbonyl (C=O) groups excluding carboxylic acids is 1. The highest BCUT2D eigenvalue weighted by atomic mass is 35.5. The number of aliphatic carboxylic acids is 1. The molecule has 2 aromatic carbocycles. The number of carboxylic acids is 1. The molecule has 0 bridgehead atoms. The normalized spacial score (nSPS) is 19.0. The number of para-hydroxylation sites is 1. The number of carboxylic acid groups (broad SMARTS) is 1. The second kappa shape index (κ2) is 7.98. The van der Waals surface area contributed by atoms with E-state index in [0.717, 1.165) is 12.0 Å². The van der Waals surface area contributed by atoms with Crippen molar-refractivity contribution >= 4 is 29.2 Å². The van der Waals surface area contributed by atoms with Crippen LogP contribution in [0, 0.1) is 0 Å². The van der Waals surface area contributed by atoms with Crippen LogP contribution in [0.3, 0.4) is 0 Å². The van der Waals surface area contributed by atoms with Gasteiger partial charge in [-0.15, -0.1) is 0 Å². The summed E-state index contributed by atoms with van der Waals surface area (Å²) in [4.78, 5) is 23.7. The van der Waals surface area contributed by atoms with Gasteiger partial charge in [-0.05, 0) is 30.2 Å². The Kier molecular flexibility index (Phi) is 5.68. The minimum Gasteiger partial charge on any atom is -0.496 e. The van der Waals surface area contributed by atoms with Crippen molar-refractivity contribution in [2.24, 2.45) is 0 Å². The van der Waals surface area contributed by atoms with E-state index in [2.05, 4.69) is 5.32 Å². The zero-order valence-corrected chi connectivity index (χ0v) is 15.7. The molecule has 3 rings (SSSR count). The number of carbonyl (C=O) groups is 2. The summed E-state index contributed by atoms with van der Waals surface area (Å²) < 4.78 is 11.6. The summed E-state index contributed by atoms with van der Waals surface area (Å²) in [7, 11) is 1.58. The summed E-state index contributed by atoms with van der Waals surface area (Å²) >= 11 is 6.18. The molecule has 27 heavy (non-hydrogen) atoms.